The van der Waals surface area contributed by atoms with Crippen LogP contribution in [0, 0.1) is 0 Å². The smallest absolute Gasteiger partial charge is 0.136 e. The number of hydrogen-bond acceptors (Lipinski definition) is 1. The molecule has 0 amide bonds. The number of furan rings is 1. The maximum absolute atomic E-state index is 9.64. The van der Waals surface area contributed by atoms with E-state index in [1.807, 2.05) is 54.6 Å². The third-order valence-electron chi connectivity index (χ3n) is 8.04. The van der Waals surface area contributed by atoms with Crippen LogP contribution in [0.25, 0.3) is 87.6 Å². The Labute approximate surface area is 264 Å². The van der Waals surface area contributed by atoms with E-state index in [1.54, 1.807) is 36.4 Å². The third-order valence-corrected chi connectivity index (χ3v) is 8.04. The van der Waals surface area contributed by atoms with Gasteiger partial charge in [-0.3, -0.25) is 0 Å². The Balaban J connectivity index is 1.46. The Morgan fingerprint density at radius 2 is 1.07 bits per heavy atom. The first-order valence-electron chi connectivity index (χ1n) is 19.4. The predicted octanol–water partition coefficient (Wildman–Crippen LogP) is 12.0. The summed E-state index contributed by atoms with van der Waals surface area (Å²) in [5.74, 6) is 0. The molecule has 1 nitrogen and oxygen atoms in total. The minimum Gasteiger partial charge on any atom is -0.456 e. The Morgan fingerprint density at radius 3 is 1.86 bits per heavy atom. The van der Waals surface area contributed by atoms with Crippen molar-refractivity contribution in [2.75, 3.05) is 0 Å². The summed E-state index contributed by atoms with van der Waals surface area (Å²) >= 11 is 0. The van der Waals surface area contributed by atoms with Crippen molar-refractivity contribution in [3.05, 3.63) is 157 Å². The molecule has 1 heterocycles. The van der Waals surface area contributed by atoms with Gasteiger partial charge in [-0.05, 0) is 89.9 Å². The van der Waals surface area contributed by atoms with Gasteiger partial charge in [0.25, 0.3) is 0 Å². The molecule has 0 atom stereocenters. The lowest BCUT2D eigenvalue weighted by Gasteiger charge is -2.18. The average molecular weight is 558 g/mol. The van der Waals surface area contributed by atoms with Gasteiger partial charge in [0.2, 0.25) is 0 Å². The second-order valence-corrected chi connectivity index (χ2v) is 10.4. The van der Waals surface area contributed by atoms with Crippen LogP contribution in [-0.4, -0.2) is 0 Å². The molecule has 8 aromatic carbocycles. The Kier molecular flexibility index (Phi) is 3.41. The molecular weight excluding hydrogens is 520 g/mol. The molecule has 43 heavy (non-hydrogen) atoms. The van der Waals surface area contributed by atoms with Crippen LogP contribution in [0.2, 0.25) is 0 Å². The Morgan fingerprint density at radius 1 is 0.442 bits per heavy atom. The van der Waals surface area contributed by atoms with Gasteiger partial charge in [0, 0.05) is 10.8 Å². The molecule has 0 saturated carbocycles. The molecule has 0 fully saturated rings. The van der Waals surface area contributed by atoms with Gasteiger partial charge in [-0.15, -0.1) is 0 Å². The highest BCUT2D eigenvalue weighted by Crippen LogP contribution is 2.47. The van der Waals surface area contributed by atoms with Gasteiger partial charge < -0.3 is 4.42 Å². The zero-order valence-corrected chi connectivity index (χ0v) is 22.6. The second-order valence-electron chi connectivity index (χ2n) is 10.4. The van der Waals surface area contributed by atoms with Gasteiger partial charge in [0.05, 0.1) is 15.1 Å². The van der Waals surface area contributed by atoms with E-state index >= 15 is 0 Å². The first-order valence-corrected chi connectivity index (χ1v) is 13.9. The number of para-hydroxylation sites is 1. The fourth-order valence-corrected chi connectivity index (χ4v) is 6.17. The van der Waals surface area contributed by atoms with Crippen molar-refractivity contribution >= 4 is 54.3 Å². The molecule has 0 unspecified atom stereocenters. The van der Waals surface area contributed by atoms with Crippen LogP contribution >= 0.6 is 0 Å². The van der Waals surface area contributed by atoms with Gasteiger partial charge in [-0.1, -0.05) is 133 Å². The van der Waals surface area contributed by atoms with Crippen LogP contribution in [0.5, 0.6) is 0 Å². The first-order chi connectivity index (χ1) is 25.9. The maximum atomic E-state index is 9.64. The molecule has 0 aliphatic rings. The molecular formula is C42H26O. The van der Waals surface area contributed by atoms with Crippen molar-refractivity contribution in [2.24, 2.45) is 0 Å². The summed E-state index contributed by atoms with van der Waals surface area (Å²) in [4.78, 5) is 0. The molecule has 1 heteroatoms. The highest BCUT2D eigenvalue weighted by Gasteiger charge is 2.20. The fourth-order valence-electron chi connectivity index (χ4n) is 6.17. The van der Waals surface area contributed by atoms with Crippen LogP contribution in [0.1, 0.15) is 15.1 Å². The summed E-state index contributed by atoms with van der Waals surface area (Å²) in [6.07, 6.45) is 0. The summed E-state index contributed by atoms with van der Waals surface area (Å²) in [7, 11) is 0. The predicted molar refractivity (Wildman–Crippen MR) is 183 cm³/mol. The van der Waals surface area contributed by atoms with Gasteiger partial charge in [0.1, 0.15) is 11.2 Å². The first kappa shape index (κ1) is 15.5. The zero-order valence-electron chi connectivity index (χ0n) is 33.6. The summed E-state index contributed by atoms with van der Waals surface area (Å²) in [5, 5.41) is 4.18. The van der Waals surface area contributed by atoms with Crippen LogP contribution in [0.3, 0.4) is 0 Å². The molecule has 0 aliphatic carbocycles. The molecule has 1 aromatic heterocycles. The second kappa shape index (κ2) is 9.44. The Hall–Kier alpha value is -5.66. The molecule has 9 aromatic rings. The van der Waals surface area contributed by atoms with Crippen LogP contribution < -0.4 is 0 Å². The molecule has 0 aliphatic heterocycles. The molecule has 0 bridgehead atoms. The number of rotatable bonds is 3. The highest BCUT2D eigenvalue weighted by molar-refractivity contribution is 6.25. The van der Waals surface area contributed by atoms with E-state index in [0.29, 0.717) is 38.2 Å². The number of fused-ring (bicyclic) bond motifs is 6. The van der Waals surface area contributed by atoms with Gasteiger partial charge in [-0.2, -0.15) is 0 Å². The van der Waals surface area contributed by atoms with Crippen molar-refractivity contribution in [1.82, 2.24) is 0 Å². The summed E-state index contributed by atoms with van der Waals surface area (Å²) in [6, 6.07) is 23.8. The standard InChI is InChI=1S/C42H26O/c1-2-12-28-25-30(24-23-27(28)11-1)29-13-9-14-31(26-29)40-32-15-3-5-17-34(32)41(35-18-6-4-16-33(35)40)37-20-10-22-39-42(37)36-19-7-8-21-38(36)43-39/h1-26H/i7D,8D,9D,10D,13D,14D,19D,20D,21D,22D,26D. The summed E-state index contributed by atoms with van der Waals surface area (Å²) < 4.78 is 104. The monoisotopic (exact) mass is 557 g/mol. The lowest BCUT2D eigenvalue weighted by atomic mass is 9.84. The van der Waals surface area contributed by atoms with Crippen molar-refractivity contribution in [3.8, 4) is 33.4 Å². The van der Waals surface area contributed by atoms with E-state index in [9.17, 15) is 4.11 Å². The van der Waals surface area contributed by atoms with E-state index in [-0.39, 0.29) is 68.8 Å². The quantitative estimate of drug-likeness (QED) is 0.197. The molecule has 0 N–H and O–H groups in total. The van der Waals surface area contributed by atoms with Gasteiger partial charge >= 0.3 is 0 Å². The van der Waals surface area contributed by atoms with Crippen LogP contribution in [-0.2, 0) is 0 Å². The topological polar surface area (TPSA) is 13.1 Å². The summed E-state index contributed by atoms with van der Waals surface area (Å²) in [5.41, 5.74) is 1.67. The van der Waals surface area contributed by atoms with Crippen molar-refractivity contribution < 1.29 is 19.5 Å². The van der Waals surface area contributed by atoms with E-state index in [1.165, 1.54) is 0 Å². The van der Waals surface area contributed by atoms with E-state index in [4.69, 9.17) is 15.4 Å². The average Bonchev–Trinajstić information content (AvgIpc) is 3.59. The van der Waals surface area contributed by atoms with Crippen molar-refractivity contribution in [2.45, 2.75) is 0 Å². The van der Waals surface area contributed by atoms with Gasteiger partial charge in [-0.25, -0.2) is 0 Å². The number of hydrogen-bond donors (Lipinski definition) is 0. The van der Waals surface area contributed by atoms with Gasteiger partial charge in [0.15, 0.2) is 0 Å². The summed E-state index contributed by atoms with van der Waals surface area (Å²) in [6.45, 7) is 0. The van der Waals surface area contributed by atoms with E-state index in [0.717, 1.165) is 10.8 Å². The minimum absolute atomic E-state index is 0.00274. The largest absolute Gasteiger partial charge is 0.456 e. The Bertz CT molecular complexity index is 3070. The molecule has 0 radical (unpaired) electrons. The van der Waals surface area contributed by atoms with Crippen LogP contribution in [0.15, 0.2) is 162 Å². The normalized spacial score (nSPS) is 15.3. The molecule has 9 rings (SSSR count). The minimum atomic E-state index is -0.509. The number of benzene rings is 8. The maximum Gasteiger partial charge on any atom is 0.136 e. The fraction of sp³-hybridized carbons (Fsp3) is 0. The molecule has 200 valence electrons. The van der Waals surface area contributed by atoms with Crippen molar-refractivity contribution in [1.29, 1.82) is 0 Å². The molecule has 0 spiro atoms. The zero-order chi connectivity index (χ0) is 37.9. The van der Waals surface area contributed by atoms with E-state index < -0.39 is 36.3 Å². The lowest BCUT2D eigenvalue weighted by Crippen LogP contribution is -1.91. The highest BCUT2D eigenvalue weighted by atomic mass is 16.3. The lowest BCUT2D eigenvalue weighted by molar-refractivity contribution is 0.669. The third kappa shape index (κ3) is 3.72. The SMILES string of the molecule is [2H]c1c([2H])c(-c2ccc3ccccc3c2)c([2H])c(-c2c3ccccc3c(-c3c([2H])c([2H])c([2H])c4oc5c([2H])c([2H])c([2H])c([2H])c5c34)c3ccccc23)c1[2H]. The van der Waals surface area contributed by atoms with Crippen LogP contribution in [0.4, 0.5) is 0 Å². The molecule has 0 saturated heterocycles. The van der Waals surface area contributed by atoms with Crippen molar-refractivity contribution in [3.63, 3.8) is 0 Å². The van der Waals surface area contributed by atoms with E-state index in [2.05, 4.69) is 0 Å².